The standard InChI is InChI=1S/C17H31N3O4/c1-5-11(4)14(18)16(22)20(13(17(23)24)9-10(2)3)15(21)12-7-6-8-19-12/h10-14,19H,5-9,18H2,1-4H3,(H,23,24). The number of nitrogens with zero attached hydrogens (tertiary/aromatic N) is 1. The molecule has 1 aliphatic rings. The monoisotopic (exact) mass is 341 g/mol. The number of carbonyl (C=O) groups is 3. The van der Waals surface area contributed by atoms with Crippen molar-refractivity contribution >= 4 is 17.8 Å². The first-order chi connectivity index (χ1) is 11.2. The summed E-state index contributed by atoms with van der Waals surface area (Å²) in [7, 11) is 0. The number of hydrogen-bond donors (Lipinski definition) is 3. The molecule has 0 aromatic rings. The van der Waals surface area contributed by atoms with Crippen LogP contribution in [-0.2, 0) is 14.4 Å². The van der Waals surface area contributed by atoms with E-state index in [0.29, 0.717) is 19.4 Å². The Labute approximate surface area is 144 Å². The molecule has 1 rings (SSSR count). The summed E-state index contributed by atoms with van der Waals surface area (Å²) in [5, 5.41) is 12.6. The number of rotatable bonds is 8. The minimum atomic E-state index is -1.18. The molecule has 1 heterocycles. The lowest BCUT2D eigenvalue weighted by atomic mass is 9.95. The van der Waals surface area contributed by atoms with Gasteiger partial charge in [0.15, 0.2) is 0 Å². The second-order valence-corrected chi connectivity index (χ2v) is 7.09. The molecule has 0 bridgehead atoms. The van der Waals surface area contributed by atoms with Crippen molar-refractivity contribution in [3.05, 3.63) is 0 Å². The quantitative estimate of drug-likeness (QED) is 0.606. The molecule has 0 spiro atoms. The van der Waals surface area contributed by atoms with Gasteiger partial charge in [-0.25, -0.2) is 4.79 Å². The van der Waals surface area contributed by atoms with Crippen LogP contribution in [0.2, 0.25) is 0 Å². The van der Waals surface area contributed by atoms with Gasteiger partial charge in [-0.15, -0.1) is 0 Å². The normalized spacial score (nSPS) is 21.3. The highest BCUT2D eigenvalue weighted by Crippen LogP contribution is 2.20. The van der Waals surface area contributed by atoms with Crippen LogP contribution >= 0.6 is 0 Å². The van der Waals surface area contributed by atoms with E-state index in [1.54, 1.807) is 0 Å². The topological polar surface area (TPSA) is 113 Å². The molecule has 138 valence electrons. The summed E-state index contributed by atoms with van der Waals surface area (Å²) in [5.41, 5.74) is 6.02. The van der Waals surface area contributed by atoms with Crippen molar-refractivity contribution in [2.45, 2.75) is 71.5 Å². The van der Waals surface area contributed by atoms with Crippen molar-refractivity contribution in [3.63, 3.8) is 0 Å². The number of aliphatic carboxylic acids is 1. The highest BCUT2D eigenvalue weighted by atomic mass is 16.4. The lowest BCUT2D eigenvalue weighted by Gasteiger charge is -2.33. The van der Waals surface area contributed by atoms with E-state index in [9.17, 15) is 19.5 Å². The van der Waals surface area contributed by atoms with Crippen molar-refractivity contribution in [3.8, 4) is 0 Å². The molecular weight excluding hydrogens is 310 g/mol. The van der Waals surface area contributed by atoms with Crippen LogP contribution in [0.5, 0.6) is 0 Å². The van der Waals surface area contributed by atoms with Crippen LogP contribution in [0.1, 0.15) is 53.4 Å². The number of nitrogens with two attached hydrogens (primary N) is 1. The van der Waals surface area contributed by atoms with Crippen LogP contribution in [0.4, 0.5) is 0 Å². The largest absolute Gasteiger partial charge is 0.480 e. The molecule has 0 aliphatic carbocycles. The van der Waals surface area contributed by atoms with Crippen molar-refractivity contribution in [2.75, 3.05) is 6.54 Å². The molecule has 1 fully saturated rings. The third-order valence-corrected chi connectivity index (χ3v) is 4.67. The molecule has 4 unspecified atom stereocenters. The zero-order chi connectivity index (χ0) is 18.4. The molecule has 0 aromatic heterocycles. The summed E-state index contributed by atoms with van der Waals surface area (Å²) in [6.45, 7) is 8.16. The van der Waals surface area contributed by atoms with Gasteiger partial charge in [0.2, 0.25) is 11.8 Å². The van der Waals surface area contributed by atoms with Crippen molar-refractivity contribution < 1.29 is 19.5 Å². The van der Waals surface area contributed by atoms with Gasteiger partial charge in [0.05, 0.1) is 12.1 Å². The molecule has 1 saturated heterocycles. The number of imide groups is 1. The fourth-order valence-corrected chi connectivity index (χ4v) is 2.90. The van der Waals surface area contributed by atoms with Crippen LogP contribution in [-0.4, -0.2) is 52.5 Å². The Bertz CT molecular complexity index is 461. The molecule has 1 aliphatic heterocycles. The molecule has 0 radical (unpaired) electrons. The summed E-state index contributed by atoms with van der Waals surface area (Å²) in [5.74, 6) is -2.32. The third kappa shape index (κ3) is 5.01. The van der Waals surface area contributed by atoms with Crippen LogP contribution < -0.4 is 11.1 Å². The first kappa shape index (κ1) is 20.6. The predicted molar refractivity (Wildman–Crippen MR) is 91.2 cm³/mol. The maximum Gasteiger partial charge on any atom is 0.326 e. The number of amides is 2. The molecule has 7 nitrogen and oxygen atoms in total. The lowest BCUT2D eigenvalue weighted by Crippen LogP contribution is -2.59. The molecular formula is C17H31N3O4. The Kier molecular flexibility index (Phi) is 7.83. The fourth-order valence-electron chi connectivity index (χ4n) is 2.90. The highest BCUT2D eigenvalue weighted by molar-refractivity contribution is 6.03. The van der Waals surface area contributed by atoms with E-state index >= 15 is 0 Å². The van der Waals surface area contributed by atoms with Crippen molar-refractivity contribution in [1.29, 1.82) is 0 Å². The summed E-state index contributed by atoms with van der Waals surface area (Å²) in [6, 6.07) is -2.57. The number of carbonyl (C=O) groups excluding carboxylic acids is 2. The smallest absolute Gasteiger partial charge is 0.326 e. The Morgan fingerprint density at radius 2 is 1.92 bits per heavy atom. The van der Waals surface area contributed by atoms with Crippen LogP contribution in [0.25, 0.3) is 0 Å². The zero-order valence-corrected chi connectivity index (χ0v) is 15.1. The molecule has 7 heteroatoms. The van der Waals surface area contributed by atoms with Crippen LogP contribution in [0.15, 0.2) is 0 Å². The fraction of sp³-hybridized carbons (Fsp3) is 0.824. The Morgan fingerprint density at radius 3 is 2.33 bits per heavy atom. The van der Waals surface area contributed by atoms with E-state index < -0.39 is 35.9 Å². The molecule has 0 saturated carbocycles. The third-order valence-electron chi connectivity index (χ3n) is 4.67. The Morgan fingerprint density at radius 1 is 1.29 bits per heavy atom. The molecule has 24 heavy (non-hydrogen) atoms. The van der Waals surface area contributed by atoms with Crippen molar-refractivity contribution in [2.24, 2.45) is 17.6 Å². The second-order valence-electron chi connectivity index (χ2n) is 7.09. The summed E-state index contributed by atoms with van der Waals surface area (Å²) >= 11 is 0. The van der Waals surface area contributed by atoms with Gasteiger partial charge < -0.3 is 16.2 Å². The van der Waals surface area contributed by atoms with Gasteiger partial charge in [0.25, 0.3) is 0 Å². The van der Waals surface area contributed by atoms with Gasteiger partial charge >= 0.3 is 5.97 Å². The maximum atomic E-state index is 12.9. The van der Waals surface area contributed by atoms with Gasteiger partial charge in [-0.05, 0) is 37.6 Å². The lowest BCUT2D eigenvalue weighted by molar-refractivity contribution is -0.160. The van der Waals surface area contributed by atoms with Gasteiger partial charge in [0, 0.05) is 0 Å². The highest BCUT2D eigenvalue weighted by Gasteiger charge is 2.41. The van der Waals surface area contributed by atoms with Gasteiger partial charge in [-0.1, -0.05) is 34.1 Å². The first-order valence-electron chi connectivity index (χ1n) is 8.79. The maximum absolute atomic E-state index is 12.9. The van der Waals surface area contributed by atoms with Gasteiger partial charge in [-0.3, -0.25) is 14.5 Å². The molecule has 0 aromatic carbocycles. The van der Waals surface area contributed by atoms with Crippen LogP contribution in [0.3, 0.4) is 0 Å². The predicted octanol–water partition coefficient (Wildman–Crippen LogP) is 0.966. The molecule has 2 amide bonds. The Balaban J connectivity index is 3.15. The van der Waals surface area contributed by atoms with E-state index in [0.717, 1.165) is 11.3 Å². The number of nitrogens with one attached hydrogen (secondary N) is 1. The minimum Gasteiger partial charge on any atom is -0.480 e. The van der Waals surface area contributed by atoms with E-state index in [-0.39, 0.29) is 18.3 Å². The number of hydrogen-bond acceptors (Lipinski definition) is 5. The Hall–Kier alpha value is -1.47. The summed E-state index contributed by atoms with van der Waals surface area (Å²) in [4.78, 5) is 38.4. The molecule has 4 N–H and O–H groups in total. The number of carboxylic acids is 1. The number of carboxylic acid groups (broad SMARTS) is 1. The second kappa shape index (κ2) is 9.13. The van der Waals surface area contributed by atoms with Gasteiger partial charge in [0.1, 0.15) is 6.04 Å². The van der Waals surface area contributed by atoms with Crippen LogP contribution in [0, 0.1) is 11.8 Å². The van der Waals surface area contributed by atoms with Gasteiger partial charge in [-0.2, -0.15) is 0 Å². The van der Waals surface area contributed by atoms with E-state index in [2.05, 4.69) is 5.32 Å². The SMILES string of the molecule is CCC(C)C(N)C(=O)N(C(=O)C1CCCN1)C(CC(C)C)C(=O)O. The minimum absolute atomic E-state index is 0.0329. The summed E-state index contributed by atoms with van der Waals surface area (Å²) in [6.07, 6.45) is 2.33. The average molecular weight is 341 g/mol. The molecule has 4 atom stereocenters. The first-order valence-corrected chi connectivity index (χ1v) is 8.79. The van der Waals surface area contributed by atoms with E-state index in [4.69, 9.17) is 5.73 Å². The van der Waals surface area contributed by atoms with Crippen molar-refractivity contribution in [1.82, 2.24) is 10.2 Å². The summed E-state index contributed by atoms with van der Waals surface area (Å²) < 4.78 is 0. The average Bonchev–Trinajstić information content (AvgIpc) is 3.06. The van der Waals surface area contributed by atoms with E-state index in [1.165, 1.54) is 0 Å². The zero-order valence-electron chi connectivity index (χ0n) is 15.1. The van der Waals surface area contributed by atoms with E-state index in [1.807, 2.05) is 27.7 Å².